The highest BCUT2D eigenvalue weighted by molar-refractivity contribution is 7.89. The summed E-state index contributed by atoms with van der Waals surface area (Å²) in [6.07, 6.45) is 1.89. The molecule has 1 fully saturated rings. The number of rotatable bonds is 4. The molecule has 1 heterocycles. The van der Waals surface area contributed by atoms with Gasteiger partial charge < -0.3 is 5.32 Å². The van der Waals surface area contributed by atoms with Crippen LogP contribution >= 0.6 is 0 Å². The average Bonchev–Trinajstić information content (AvgIpc) is 2.38. The molecule has 0 aliphatic carbocycles. The molecule has 2 N–H and O–H groups in total. The van der Waals surface area contributed by atoms with Gasteiger partial charge >= 0.3 is 0 Å². The molecule has 1 aromatic carbocycles. The Kier molecular flexibility index (Phi) is 4.31. The number of hydrogen-bond acceptors (Lipinski definition) is 3. The molecular weight excluding hydrogens is 255 g/mol. The van der Waals surface area contributed by atoms with Crippen LogP contribution in [-0.4, -0.2) is 28.1 Å². The second kappa shape index (κ2) is 5.77. The van der Waals surface area contributed by atoms with Crippen LogP contribution in [0.1, 0.15) is 12.8 Å². The second-order valence-electron chi connectivity index (χ2n) is 4.48. The van der Waals surface area contributed by atoms with Crippen molar-refractivity contribution in [3.63, 3.8) is 0 Å². The average molecular weight is 272 g/mol. The minimum Gasteiger partial charge on any atom is -0.317 e. The van der Waals surface area contributed by atoms with E-state index in [1.54, 1.807) is 0 Å². The van der Waals surface area contributed by atoms with Gasteiger partial charge in [0, 0.05) is 6.54 Å². The molecule has 1 aromatic rings. The van der Waals surface area contributed by atoms with Gasteiger partial charge in [0.2, 0.25) is 10.0 Å². The lowest BCUT2D eigenvalue weighted by Crippen LogP contribution is -2.36. The van der Waals surface area contributed by atoms with E-state index < -0.39 is 15.8 Å². The number of benzene rings is 1. The summed E-state index contributed by atoms with van der Waals surface area (Å²) in [7, 11) is -3.74. The standard InChI is InChI=1S/C12H17FN2O2S/c13-11-3-1-2-4-12(11)18(16,17)15-9-10-5-7-14-8-6-10/h1-4,10,14-15H,5-9H2. The van der Waals surface area contributed by atoms with Gasteiger partial charge in [0.25, 0.3) is 0 Å². The summed E-state index contributed by atoms with van der Waals surface area (Å²) in [6, 6.07) is 5.42. The summed E-state index contributed by atoms with van der Waals surface area (Å²) >= 11 is 0. The molecule has 100 valence electrons. The zero-order valence-electron chi connectivity index (χ0n) is 10.0. The fourth-order valence-electron chi connectivity index (χ4n) is 2.05. The summed E-state index contributed by atoms with van der Waals surface area (Å²) in [5.41, 5.74) is 0. The quantitative estimate of drug-likeness (QED) is 0.863. The van der Waals surface area contributed by atoms with Crippen LogP contribution in [0.3, 0.4) is 0 Å². The molecule has 2 rings (SSSR count). The van der Waals surface area contributed by atoms with E-state index in [-0.39, 0.29) is 4.90 Å². The smallest absolute Gasteiger partial charge is 0.243 e. The first-order valence-electron chi connectivity index (χ1n) is 6.04. The number of nitrogens with one attached hydrogen (secondary N) is 2. The maximum atomic E-state index is 13.4. The van der Waals surface area contributed by atoms with Crippen LogP contribution in [-0.2, 0) is 10.0 Å². The zero-order valence-corrected chi connectivity index (χ0v) is 10.8. The van der Waals surface area contributed by atoms with Crippen LogP contribution < -0.4 is 10.0 Å². The number of piperidine rings is 1. The van der Waals surface area contributed by atoms with Crippen molar-refractivity contribution >= 4 is 10.0 Å². The Morgan fingerprint density at radius 1 is 1.28 bits per heavy atom. The summed E-state index contributed by atoms with van der Waals surface area (Å²) in [5.74, 6) is -0.386. The van der Waals surface area contributed by atoms with Gasteiger partial charge in [-0.05, 0) is 44.0 Å². The summed E-state index contributed by atoms with van der Waals surface area (Å²) in [5, 5.41) is 3.22. The molecule has 0 amide bonds. The van der Waals surface area contributed by atoms with Crippen LogP contribution in [0.25, 0.3) is 0 Å². The molecule has 0 saturated carbocycles. The first kappa shape index (κ1) is 13.5. The van der Waals surface area contributed by atoms with E-state index in [4.69, 9.17) is 0 Å². The first-order valence-corrected chi connectivity index (χ1v) is 7.53. The third-order valence-electron chi connectivity index (χ3n) is 3.15. The molecule has 0 spiro atoms. The predicted octanol–water partition coefficient (Wildman–Crippen LogP) is 1.10. The highest BCUT2D eigenvalue weighted by Crippen LogP contribution is 2.15. The van der Waals surface area contributed by atoms with E-state index in [9.17, 15) is 12.8 Å². The molecule has 0 unspecified atom stereocenters. The van der Waals surface area contributed by atoms with Crippen molar-refractivity contribution in [1.82, 2.24) is 10.0 Å². The molecular formula is C12H17FN2O2S. The van der Waals surface area contributed by atoms with Crippen molar-refractivity contribution in [2.45, 2.75) is 17.7 Å². The normalized spacial score (nSPS) is 17.8. The second-order valence-corrected chi connectivity index (χ2v) is 6.21. The topological polar surface area (TPSA) is 58.2 Å². The molecule has 0 aromatic heterocycles. The van der Waals surface area contributed by atoms with E-state index in [1.165, 1.54) is 18.2 Å². The molecule has 4 nitrogen and oxygen atoms in total. The molecule has 1 aliphatic rings. The van der Waals surface area contributed by atoms with Gasteiger partial charge in [-0.25, -0.2) is 17.5 Å². The number of halogens is 1. The van der Waals surface area contributed by atoms with Gasteiger partial charge in [0.1, 0.15) is 10.7 Å². The van der Waals surface area contributed by atoms with Crippen molar-refractivity contribution in [3.05, 3.63) is 30.1 Å². The molecule has 0 bridgehead atoms. The monoisotopic (exact) mass is 272 g/mol. The number of hydrogen-bond donors (Lipinski definition) is 2. The van der Waals surface area contributed by atoms with Crippen LogP contribution in [0, 0.1) is 11.7 Å². The highest BCUT2D eigenvalue weighted by atomic mass is 32.2. The van der Waals surface area contributed by atoms with Crippen LogP contribution in [0.5, 0.6) is 0 Å². The summed E-state index contributed by atoms with van der Waals surface area (Å²) in [4.78, 5) is -0.279. The number of sulfonamides is 1. The van der Waals surface area contributed by atoms with Crippen LogP contribution in [0.15, 0.2) is 29.2 Å². The van der Waals surface area contributed by atoms with E-state index >= 15 is 0 Å². The van der Waals surface area contributed by atoms with Gasteiger partial charge in [-0.2, -0.15) is 0 Å². The lowest BCUT2D eigenvalue weighted by Gasteiger charge is -2.22. The molecule has 6 heteroatoms. The summed E-state index contributed by atoms with van der Waals surface area (Å²) < 4.78 is 39.8. The third kappa shape index (κ3) is 3.28. The van der Waals surface area contributed by atoms with E-state index in [2.05, 4.69) is 10.0 Å². The molecule has 1 aliphatic heterocycles. The Balaban J connectivity index is 2.01. The van der Waals surface area contributed by atoms with Gasteiger partial charge in [-0.1, -0.05) is 12.1 Å². The predicted molar refractivity (Wildman–Crippen MR) is 67.2 cm³/mol. The van der Waals surface area contributed by atoms with E-state index in [0.717, 1.165) is 32.0 Å². The lowest BCUT2D eigenvalue weighted by molar-refractivity contribution is 0.372. The Morgan fingerprint density at radius 2 is 1.94 bits per heavy atom. The Labute approximate surface area is 107 Å². The minimum absolute atomic E-state index is 0.279. The van der Waals surface area contributed by atoms with E-state index in [1.807, 2.05) is 0 Å². The van der Waals surface area contributed by atoms with Gasteiger partial charge in [0.15, 0.2) is 0 Å². The fourth-order valence-corrected chi connectivity index (χ4v) is 3.25. The molecule has 0 radical (unpaired) electrons. The third-order valence-corrected chi connectivity index (χ3v) is 4.60. The molecule has 18 heavy (non-hydrogen) atoms. The molecule has 1 saturated heterocycles. The highest BCUT2D eigenvalue weighted by Gasteiger charge is 2.20. The van der Waals surface area contributed by atoms with Gasteiger partial charge in [-0.3, -0.25) is 0 Å². The lowest BCUT2D eigenvalue weighted by atomic mass is 9.99. The van der Waals surface area contributed by atoms with Crippen molar-refractivity contribution in [2.24, 2.45) is 5.92 Å². The first-order chi connectivity index (χ1) is 8.59. The zero-order chi connectivity index (χ0) is 13.0. The molecule has 0 atom stereocenters. The van der Waals surface area contributed by atoms with Crippen LogP contribution in [0.4, 0.5) is 4.39 Å². The maximum Gasteiger partial charge on any atom is 0.243 e. The Hall–Kier alpha value is -0.980. The maximum absolute atomic E-state index is 13.4. The Morgan fingerprint density at radius 3 is 2.61 bits per heavy atom. The van der Waals surface area contributed by atoms with Crippen molar-refractivity contribution in [1.29, 1.82) is 0 Å². The summed E-state index contributed by atoms with van der Waals surface area (Å²) in [6.45, 7) is 2.19. The van der Waals surface area contributed by atoms with Crippen molar-refractivity contribution < 1.29 is 12.8 Å². The Bertz CT molecular complexity index is 499. The van der Waals surface area contributed by atoms with Gasteiger partial charge in [-0.15, -0.1) is 0 Å². The van der Waals surface area contributed by atoms with Crippen molar-refractivity contribution in [3.8, 4) is 0 Å². The van der Waals surface area contributed by atoms with Crippen LogP contribution in [0.2, 0.25) is 0 Å². The van der Waals surface area contributed by atoms with Gasteiger partial charge in [0.05, 0.1) is 0 Å². The van der Waals surface area contributed by atoms with E-state index in [0.29, 0.717) is 12.5 Å². The largest absolute Gasteiger partial charge is 0.317 e. The fraction of sp³-hybridized carbons (Fsp3) is 0.500. The van der Waals surface area contributed by atoms with Crippen molar-refractivity contribution in [2.75, 3.05) is 19.6 Å². The minimum atomic E-state index is -3.74. The SMILES string of the molecule is O=S(=O)(NCC1CCNCC1)c1ccccc1F.